The van der Waals surface area contributed by atoms with Crippen molar-refractivity contribution in [2.75, 3.05) is 13.6 Å². The van der Waals surface area contributed by atoms with E-state index >= 15 is 0 Å². The number of hydrogen-bond donors (Lipinski definition) is 1. The lowest BCUT2D eigenvalue weighted by atomic mass is 9.89. The van der Waals surface area contributed by atoms with Crippen molar-refractivity contribution in [2.24, 2.45) is 0 Å². The fraction of sp³-hybridized carbons (Fsp3) is 0.174. The van der Waals surface area contributed by atoms with Gasteiger partial charge in [0.05, 0.1) is 16.1 Å². The van der Waals surface area contributed by atoms with Gasteiger partial charge in [-0.2, -0.15) is 0 Å². The summed E-state index contributed by atoms with van der Waals surface area (Å²) in [7, 11) is 2.07. The lowest BCUT2D eigenvalue weighted by Crippen LogP contribution is -2.27. The van der Waals surface area contributed by atoms with Gasteiger partial charge in [-0.05, 0) is 53.6 Å². The largest absolute Gasteiger partial charge is 0.502 e. The van der Waals surface area contributed by atoms with E-state index < -0.39 is 4.92 Å². The molecule has 144 valence electrons. The minimum Gasteiger partial charge on any atom is -0.502 e. The molecule has 3 aromatic carbocycles. The Kier molecular flexibility index (Phi) is 3.96. The third-order valence-electron chi connectivity index (χ3n) is 5.71. The van der Waals surface area contributed by atoms with Crippen molar-refractivity contribution in [3.05, 3.63) is 75.8 Å². The van der Waals surface area contributed by atoms with E-state index in [0.717, 1.165) is 36.3 Å². The summed E-state index contributed by atoms with van der Waals surface area (Å²) in [6, 6.07) is 16.9. The summed E-state index contributed by atoms with van der Waals surface area (Å²) >= 11 is 0. The fourth-order valence-corrected chi connectivity index (χ4v) is 4.31. The summed E-state index contributed by atoms with van der Waals surface area (Å²) in [6.45, 7) is 1.68. The van der Waals surface area contributed by atoms with Crippen molar-refractivity contribution in [1.29, 1.82) is 0 Å². The molecule has 6 heteroatoms. The zero-order valence-electron chi connectivity index (χ0n) is 15.9. The monoisotopic (exact) mass is 385 g/mol. The molecule has 0 fully saturated rings. The Hall–Kier alpha value is -3.51. The van der Waals surface area contributed by atoms with Gasteiger partial charge in [0.25, 0.3) is 0 Å². The van der Waals surface area contributed by atoms with Crippen LogP contribution in [0.4, 0.5) is 5.69 Å². The van der Waals surface area contributed by atoms with Gasteiger partial charge in [-0.25, -0.2) is 4.98 Å². The maximum absolute atomic E-state index is 11.3. The molecular formula is C23H19N3O3. The maximum Gasteiger partial charge on any atom is 0.311 e. The highest BCUT2D eigenvalue weighted by Gasteiger charge is 2.24. The van der Waals surface area contributed by atoms with Crippen molar-refractivity contribution in [3.8, 4) is 17.0 Å². The first-order valence-electron chi connectivity index (χ1n) is 9.52. The summed E-state index contributed by atoms with van der Waals surface area (Å²) in [5.41, 5.74) is 4.34. The van der Waals surface area contributed by atoms with E-state index in [9.17, 15) is 15.2 Å². The summed E-state index contributed by atoms with van der Waals surface area (Å²) in [4.78, 5) is 17.9. The number of nitro benzene ring substituents is 1. The lowest BCUT2D eigenvalue weighted by Gasteiger charge is -2.28. The fourth-order valence-electron chi connectivity index (χ4n) is 4.31. The van der Waals surface area contributed by atoms with E-state index in [4.69, 9.17) is 4.98 Å². The number of hydrogen-bond acceptors (Lipinski definition) is 5. The quantitative estimate of drug-likeness (QED) is 0.308. The molecule has 2 heterocycles. The summed E-state index contributed by atoms with van der Waals surface area (Å²) in [5.74, 6) is -0.337. The highest BCUT2D eigenvalue weighted by molar-refractivity contribution is 6.09. The van der Waals surface area contributed by atoms with Crippen LogP contribution in [0.25, 0.3) is 32.9 Å². The Morgan fingerprint density at radius 2 is 1.93 bits per heavy atom. The Bertz CT molecular complexity index is 1300. The van der Waals surface area contributed by atoms with Gasteiger partial charge in [0, 0.05) is 30.1 Å². The number of nitrogens with zero attached hydrogens (tertiary/aromatic N) is 3. The van der Waals surface area contributed by atoms with Crippen LogP contribution in [-0.4, -0.2) is 33.5 Å². The number of phenols is 1. The first kappa shape index (κ1) is 17.6. The zero-order chi connectivity index (χ0) is 20.1. The number of fused-ring (bicyclic) bond motifs is 5. The molecule has 0 amide bonds. The average molecular weight is 385 g/mol. The van der Waals surface area contributed by atoms with E-state index in [-0.39, 0.29) is 11.4 Å². The molecule has 1 aliphatic rings. The molecule has 0 bridgehead atoms. The van der Waals surface area contributed by atoms with Gasteiger partial charge in [0.1, 0.15) is 0 Å². The van der Waals surface area contributed by atoms with Crippen molar-refractivity contribution in [1.82, 2.24) is 9.88 Å². The Morgan fingerprint density at radius 3 is 2.76 bits per heavy atom. The van der Waals surface area contributed by atoms with Gasteiger partial charge in [0.15, 0.2) is 5.75 Å². The van der Waals surface area contributed by atoms with Crippen LogP contribution in [-0.2, 0) is 13.0 Å². The number of aromatic nitrogens is 1. The third-order valence-corrected chi connectivity index (χ3v) is 5.71. The first-order valence-corrected chi connectivity index (χ1v) is 9.52. The van der Waals surface area contributed by atoms with Crippen LogP contribution >= 0.6 is 0 Å². The van der Waals surface area contributed by atoms with Crippen LogP contribution in [0, 0.1) is 10.1 Å². The molecule has 4 aromatic rings. The standard InChI is InChI=1S/C23H19N3O3/c1-25-11-10-17-18(13-25)23(15-7-9-21(27)20(12-15)26(28)29)24-19-8-6-14-4-2-3-5-16(14)22(17)19/h2-9,12,27H,10-11,13H2,1H3. The van der Waals surface area contributed by atoms with Gasteiger partial charge in [-0.3, -0.25) is 10.1 Å². The van der Waals surface area contributed by atoms with Crippen LogP contribution < -0.4 is 0 Å². The average Bonchev–Trinajstić information content (AvgIpc) is 2.73. The molecular weight excluding hydrogens is 366 g/mol. The number of phenolic OH excluding ortho intramolecular Hbond substituents is 1. The normalized spacial score (nSPS) is 14.2. The smallest absolute Gasteiger partial charge is 0.311 e. The molecule has 0 atom stereocenters. The number of nitro groups is 1. The first-order chi connectivity index (χ1) is 14.0. The lowest BCUT2D eigenvalue weighted by molar-refractivity contribution is -0.385. The second-order valence-corrected chi connectivity index (χ2v) is 7.55. The van der Waals surface area contributed by atoms with Crippen molar-refractivity contribution in [3.63, 3.8) is 0 Å². The van der Waals surface area contributed by atoms with Gasteiger partial charge in [0.2, 0.25) is 0 Å². The molecule has 0 radical (unpaired) electrons. The zero-order valence-corrected chi connectivity index (χ0v) is 15.9. The van der Waals surface area contributed by atoms with Crippen LogP contribution in [0.3, 0.4) is 0 Å². The Balaban J connectivity index is 1.86. The number of pyridine rings is 1. The van der Waals surface area contributed by atoms with E-state index in [1.807, 2.05) is 18.2 Å². The molecule has 0 saturated carbocycles. The molecule has 0 spiro atoms. The maximum atomic E-state index is 11.3. The Morgan fingerprint density at radius 1 is 1.10 bits per heavy atom. The predicted octanol–water partition coefficient (Wildman–Crippen LogP) is 4.66. The van der Waals surface area contributed by atoms with Crippen molar-refractivity contribution < 1.29 is 10.0 Å². The predicted molar refractivity (Wildman–Crippen MR) is 113 cm³/mol. The molecule has 0 saturated heterocycles. The van der Waals surface area contributed by atoms with Crippen LogP contribution in [0.2, 0.25) is 0 Å². The van der Waals surface area contributed by atoms with Gasteiger partial charge < -0.3 is 10.0 Å². The molecule has 1 N–H and O–H groups in total. The summed E-state index contributed by atoms with van der Waals surface area (Å²) in [6.07, 6.45) is 0.895. The summed E-state index contributed by atoms with van der Waals surface area (Å²) < 4.78 is 0. The highest BCUT2D eigenvalue weighted by atomic mass is 16.6. The minimum atomic E-state index is -0.564. The molecule has 1 aromatic heterocycles. The third kappa shape index (κ3) is 2.80. The van der Waals surface area contributed by atoms with E-state index in [1.54, 1.807) is 6.07 Å². The summed E-state index contributed by atoms with van der Waals surface area (Å²) in [5, 5.41) is 24.7. The molecule has 29 heavy (non-hydrogen) atoms. The second kappa shape index (κ2) is 6.53. The van der Waals surface area contributed by atoms with E-state index in [0.29, 0.717) is 5.56 Å². The number of aromatic hydroxyl groups is 1. The highest BCUT2D eigenvalue weighted by Crippen LogP contribution is 2.39. The molecule has 5 rings (SSSR count). The number of rotatable bonds is 2. The SMILES string of the molecule is CN1CCc2c(c(-c3ccc(O)c([N+](=O)[O-])c3)nc3ccc4ccccc4c23)C1. The van der Waals surface area contributed by atoms with Crippen LogP contribution in [0.15, 0.2) is 54.6 Å². The van der Waals surface area contributed by atoms with Crippen molar-refractivity contribution in [2.45, 2.75) is 13.0 Å². The van der Waals surface area contributed by atoms with Gasteiger partial charge in [-0.1, -0.05) is 30.3 Å². The number of benzene rings is 3. The molecule has 0 aliphatic carbocycles. The molecule has 6 nitrogen and oxygen atoms in total. The van der Waals surface area contributed by atoms with Gasteiger partial charge >= 0.3 is 5.69 Å². The molecule has 1 aliphatic heterocycles. The van der Waals surface area contributed by atoms with Crippen LogP contribution in [0.5, 0.6) is 5.75 Å². The van der Waals surface area contributed by atoms with E-state index in [2.05, 4.69) is 30.1 Å². The second-order valence-electron chi connectivity index (χ2n) is 7.55. The van der Waals surface area contributed by atoms with Crippen molar-refractivity contribution >= 4 is 27.4 Å². The molecule has 0 unspecified atom stereocenters. The minimum absolute atomic E-state index is 0.305. The Labute approximate surface area is 167 Å². The number of likely N-dealkylation sites (N-methyl/N-ethyl adjacent to an activating group) is 1. The van der Waals surface area contributed by atoms with E-state index in [1.165, 1.54) is 33.9 Å². The van der Waals surface area contributed by atoms with Gasteiger partial charge in [-0.15, -0.1) is 0 Å². The topological polar surface area (TPSA) is 79.5 Å². The van der Waals surface area contributed by atoms with Crippen LogP contribution in [0.1, 0.15) is 11.1 Å².